The van der Waals surface area contributed by atoms with Crippen molar-refractivity contribution in [3.05, 3.63) is 24.3 Å². The van der Waals surface area contributed by atoms with E-state index in [1.807, 2.05) is 6.92 Å². The van der Waals surface area contributed by atoms with Crippen molar-refractivity contribution in [3.8, 4) is 0 Å². The average molecular weight is 471 g/mol. The molecule has 3 heteroatoms. The van der Waals surface area contributed by atoms with Crippen LogP contribution in [0, 0.1) is 45.8 Å². The van der Waals surface area contributed by atoms with Gasteiger partial charge in [-0.15, -0.1) is 0 Å². The van der Waals surface area contributed by atoms with Crippen molar-refractivity contribution in [2.75, 3.05) is 0 Å². The molecular weight excluding hydrogens is 420 g/mol. The first kappa shape index (κ1) is 26.0. The van der Waals surface area contributed by atoms with E-state index in [9.17, 15) is 9.90 Å². The third-order valence-corrected chi connectivity index (χ3v) is 11.7. The quantitative estimate of drug-likeness (QED) is 0.323. The van der Waals surface area contributed by atoms with Gasteiger partial charge in [-0.05, 0) is 112 Å². The lowest BCUT2D eigenvalue weighted by atomic mass is 9.40. The summed E-state index contributed by atoms with van der Waals surface area (Å²) in [4.78, 5) is 11.8. The van der Waals surface area contributed by atoms with E-state index in [0.717, 1.165) is 42.6 Å². The molecule has 0 radical (unpaired) electrons. The molecule has 0 unspecified atom stereocenters. The number of aliphatic hydroxyl groups excluding tert-OH is 1. The average Bonchev–Trinajstić information content (AvgIpc) is 3.11. The highest BCUT2D eigenvalue weighted by atomic mass is 16.5. The molecule has 34 heavy (non-hydrogen) atoms. The summed E-state index contributed by atoms with van der Waals surface area (Å²) in [6.07, 6.45) is 11.4. The van der Waals surface area contributed by atoms with Crippen molar-refractivity contribution in [2.45, 2.75) is 118 Å². The van der Waals surface area contributed by atoms with Crippen molar-refractivity contribution >= 4 is 5.97 Å². The molecule has 0 amide bonds. The molecule has 0 aromatic heterocycles. The van der Waals surface area contributed by atoms with Gasteiger partial charge in [0.25, 0.3) is 0 Å². The van der Waals surface area contributed by atoms with E-state index in [4.69, 9.17) is 4.74 Å². The summed E-state index contributed by atoms with van der Waals surface area (Å²) in [5.41, 5.74) is 3.03. The SMILES string of the molecule is C=C(C)[C@H](O)CCC(=C)[C@H]1CC[C@@]2(C)[C@@H]1CC[C@H]1[C@H]2CC[C@H]2C(C)(C)[C@@H](OC(C)=O)CC[C@]12C. The molecule has 4 aliphatic carbocycles. The molecule has 0 aromatic rings. The molecule has 0 aliphatic heterocycles. The van der Waals surface area contributed by atoms with Gasteiger partial charge in [0, 0.05) is 12.3 Å². The highest BCUT2D eigenvalue weighted by molar-refractivity contribution is 5.66. The number of esters is 1. The monoisotopic (exact) mass is 470 g/mol. The molecule has 4 aliphatic rings. The Morgan fingerprint density at radius 3 is 2.15 bits per heavy atom. The number of allylic oxidation sites excluding steroid dienone is 1. The third kappa shape index (κ3) is 4.12. The number of fused-ring (bicyclic) bond motifs is 5. The van der Waals surface area contributed by atoms with Crippen molar-refractivity contribution in [3.63, 3.8) is 0 Å². The maximum Gasteiger partial charge on any atom is 0.302 e. The zero-order valence-electron chi connectivity index (χ0n) is 22.8. The van der Waals surface area contributed by atoms with Crippen LogP contribution in [0.4, 0.5) is 0 Å². The number of hydrogen-bond acceptors (Lipinski definition) is 3. The Morgan fingerprint density at radius 2 is 1.50 bits per heavy atom. The van der Waals surface area contributed by atoms with Gasteiger partial charge >= 0.3 is 5.97 Å². The number of hydrogen-bond donors (Lipinski definition) is 1. The standard InChI is InChI=1S/C31H50O3/c1-19(2)26(33)13-9-20(3)22-15-17-30(7)23(22)10-11-25-24(30)12-14-27-29(5,6)28(34-21(4)32)16-18-31(25,27)8/h22-28,33H,1,3,9-18H2,2,4-8H3/t22-,23-,24-,25+,26-,27+,28+,30+,31-/m1/s1. The van der Waals surface area contributed by atoms with Crippen LogP contribution in [-0.4, -0.2) is 23.3 Å². The Labute approximate surface area is 208 Å². The van der Waals surface area contributed by atoms with Crippen LogP contribution in [0.15, 0.2) is 24.3 Å². The van der Waals surface area contributed by atoms with Crippen molar-refractivity contribution in [2.24, 2.45) is 45.8 Å². The van der Waals surface area contributed by atoms with E-state index in [1.54, 1.807) is 6.92 Å². The summed E-state index contributed by atoms with van der Waals surface area (Å²) >= 11 is 0. The van der Waals surface area contributed by atoms with Gasteiger partial charge in [-0.3, -0.25) is 4.79 Å². The number of rotatable bonds is 6. The predicted octanol–water partition coefficient (Wildman–Crippen LogP) is 7.49. The van der Waals surface area contributed by atoms with Crippen LogP contribution in [0.25, 0.3) is 0 Å². The topological polar surface area (TPSA) is 46.5 Å². The molecule has 4 fully saturated rings. The summed E-state index contributed by atoms with van der Waals surface area (Å²) < 4.78 is 5.85. The maximum absolute atomic E-state index is 11.8. The Balaban J connectivity index is 1.50. The summed E-state index contributed by atoms with van der Waals surface area (Å²) in [7, 11) is 0. The van der Waals surface area contributed by atoms with E-state index < -0.39 is 6.10 Å². The van der Waals surface area contributed by atoms with Crippen molar-refractivity contribution in [1.29, 1.82) is 0 Å². The second kappa shape index (κ2) is 9.09. The highest BCUT2D eigenvalue weighted by Crippen LogP contribution is 2.71. The van der Waals surface area contributed by atoms with Crippen molar-refractivity contribution in [1.82, 2.24) is 0 Å². The second-order valence-corrected chi connectivity index (χ2v) is 13.7. The van der Waals surface area contributed by atoms with Crippen molar-refractivity contribution < 1.29 is 14.6 Å². The lowest BCUT2D eigenvalue weighted by Gasteiger charge is -2.65. The largest absolute Gasteiger partial charge is 0.462 e. The smallest absolute Gasteiger partial charge is 0.302 e. The summed E-state index contributed by atoms with van der Waals surface area (Å²) in [5, 5.41) is 10.2. The van der Waals surface area contributed by atoms with Crippen LogP contribution in [0.2, 0.25) is 0 Å². The molecule has 0 bridgehead atoms. The number of carbonyl (C=O) groups is 1. The van der Waals surface area contributed by atoms with Crippen LogP contribution in [-0.2, 0) is 9.53 Å². The van der Waals surface area contributed by atoms with Gasteiger partial charge in [0.05, 0.1) is 6.10 Å². The Hall–Kier alpha value is -1.09. The van der Waals surface area contributed by atoms with Gasteiger partial charge < -0.3 is 9.84 Å². The lowest BCUT2D eigenvalue weighted by Crippen LogP contribution is -2.60. The van der Waals surface area contributed by atoms with Gasteiger partial charge in [-0.25, -0.2) is 0 Å². The first-order chi connectivity index (χ1) is 15.8. The minimum absolute atomic E-state index is 0.0397. The molecular formula is C31H50O3. The second-order valence-electron chi connectivity index (χ2n) is 13.7. The van der Waals surface area contributed by atoms with E-state index >= 15 is 0 Å². The van der Waals surface area contributed by atoms with Gasteiger partial charge in [0.2, 0.25) is 0 Å². The van der Waals surface area contributed by atoms with Crippen LogP contribution >= 0.6 is 0 Å². The van der Waals surface area contributed by atoms with E-state index in [0.29, 0.717) is 22.7 Å². The zero-order valence-corrected chi connectivity index (χ0v) is 22.8. The molecule has 0 saturated heterocycles. The Bertz CT molecular complexity index is 827. The van der Waals surface area contributed by atoms with Gasteiger partial charge in [-0.2, -0.15) is 0 Å². The molecule has 0 spiro atoms. The van der Waals surface area contributed by atoms with Gasteiger partial charge in [0.1, 0.15) is 6.10 Å². The molecule has 4 saturated carbocycles. The number of ether oxygens (including phenoxy) is 1. The molecule has 3 nitrogen and oxygen atoms in total. The molecule has 1 N–H and O–H groups in total. The fourth-order valence-corrected chi connectivity index (χ4v) is 9.85. The summed E-state index contributed by atoms with van der Waals surface area (Å²) in [5.74, 6) is 3.43. The van der Waals surface area contributed by atoms with E-state index in [2.05, 4.69) is 40.9 Å². The van der Waals surface area contributed by atoms with Crippen LogP contribution in [0.3, 0.4) is 0 Å². The normalized spacial score (nSPS) is 43.7. The minimum Gasteiger partial charge on any atom is -0.462 e. The number of aliphatic hydroxyl groups is 1. The zero-order chi connectivity index (χ0) is 25.1. The Kier molecular flexibility index (Phi) is 6.95. The van der Waals surface area contributed by atoms with E-state index in [-0.39, 0.29) is 17.5 Å². The summed E-state index contributed by atoms with van der Waals surface area (Å²) in [6, 6.07) is 0. The van der Waals surface area contributed by atoms with Crippen LogP contribution in [0.1, 0.15) is 106 Å². The maximum atomic E-state index is 11.8. The van der Waals surface area contributed by atoms with Crippen LogP contribution in [0.5, 0.6) is 0 Å². The van der Waals surface area contributed by atoms with Gasteiger partial charge in [0.15, 0.2) is 0 Å². The first-order valence-electron chi connectivity index (χ1n) is 14.0. The fourth-order valence-electron chi connectivity index (χ4n) is 9.85. The highest BCUT2D eigenvalue weighted by Gasteiger charge is 2.64. The van der Waals surface area contributed by atoms with E-state index in [1.165, 1.54) is 50.5 Å². The molecule has 0 heterocycles. The molecule has 9 atom stereocenters. The van der Waals surface area contributed by atoms with Crippen LogP contribution < -0.4 is 0 Å². The summed E-state index contributed by atoms with van der Waals surface area (Å²) in [6.45, 7) is 21.9. The fraction of sp³-hybridized carbons (Fsp3) is 0.839. The predicted molar refractivity (Wildman–Crippen MR) is 139 cm³/mol. The lowest BCUT2D eigenvalue weighted by molar-refractivity contribution is -0.198. The van der Waals surface area contributed by atoms with Gasteiger partial charge in [-0.1, -0.05) is 52.0 Å². The molecule has 4 rings (SSSR count). The number of carbonyl (C=O) groups excluding carboxylic acids is 1. The molecule has 0 aromatic carbocycles. The minimum atomic E-state index is -0.402. The first-order valence-corrected chi connectivity index (χ1v) is 14.0. The Morgan fingerprint density at radius 1 is 0.912 bits per heavy atom. The third-order valence-electron chi connectivity index (χ3n) is 11.7. The molecule has 192 valence electrons.